The Hall–Kier alpha value is -3.52. The van der Waals surface area contributed by atoms with Crippen LogP contribution in [0, 0.1) is 30.6 Å². The van der Waals surface area contributed by atoms with Gasteiger partial charge < -0.3 is 9.30 Å². The number of halogens is 4. The summed E-state index contributed by atoms with van der Waals surface area (Å²) in [6, 6.07) is 9.57. The minimum atomic E-state index is -4.64. The van der Waals surface area contributed by atoms with Crippen LogP contribution in [0.15, 0.2) is 36.4 Å². The number of hydrogen-bond donors (Lipinski definition) is 0. The van der Waals surface area contributed by atoms with Crippen molar-refractivity contribution < 1.29 is 22.3 Å². The summed E-state index contributed by atoms with van der Waals surface area (Å²) in [6.07, 6.45) is -4.64. The number of benzene rings is 2. The van der Waals surface area contributed by atoms with Crippen LogP contribution < -0.4 is 4.74 Å². The van der Waals surface area contributed by atoms with E-state index in [0.717, 1.165) is 12.1 Å². The van der Waals surface area contributed by atoms with E-state index in [2.05, 4.69) is 4.85 Å². The fourth-order valence-electron chi connectivity index (χ4n) is 3.07. The summed E-state index contributed by atoms with van der Waals surface area (Å²) in [4.78, 5) is 2.99. The van der Waals surface area contributed by atoms with Crippen molar-refractivity contribution in [3.05, 3.63) is 70.5 Å². The molecule has 0 aliphatic rings. The molecule has 2 aromatic carbocycles. The van der Waals surface area contributed by atoms with E-state index in [1.807, 2.05) is 0 Å². The third-order valence-electron chi connectivity index (χ3n) is 4.32. The molecule has 0 N–H and O–H groups in total. The van der Waals surface area contributed by atoms with Crippen LogP contribution in [0.1, 0.15) is 16.8 Å². The first kappa shape index (κ1) is 19.2. The van der Waals surface area contributed by atoms with Gasteiger partial charge in [-0.1, -0.05) is 6.07 Å². The molecule has 0 unspecified atom stereocenters. The Labute approximate surface area is 158 Å². The van der Waals surface area contributed by atoms with E-state index in [1.54, 1.807) is 17.6 Å². The van der Waals surface area contributed by atoms with Crippen molar-refractivity contribution >= 4 is 16.6 Å². The molecule has 1 heterocycles. The third kappa shape index (κ3) is 3.49. The van der Waals surface area contributed by atoms with Crippen LogP contribution >= 0.6 is 0 Å². The molecular weight excluding hydrogens is 374 g/mol. The predicted octanol–water partition coefficient (Wildman–Crippen LogP) is 5.61. The van der Waals surface area contributed by atoms with Crippen molar-refractivity contribution in [1.29, 1.82) is 5.26 Å². The van der Waals surface area contributed by atoms with Crippen molar-refractivity contribution in [2.75, 3.05) is 6.61 Å². The van der Waals surface area contributed by atoms with E-state index in [0.29, 0.717) is 11.2 Å². The number of aromatic nitrogens is 1. The number of nitriles is 1. The maximum absolute atomic E-state index is 13.6. The van der Waals surface area contributed by atoms with Gasteiger partial charge in [-0.05, 0) is 31.2 Å². The second-order valence-corrected chi connectivity index (χ2v) is 6.04. The van der Waals surface area contributed by atoms with Crippen molar-refractivity contribution in [1.82, 2.24) is 4.57 Å². The predicted molar refractivity (Wildman–Crippen MR) is 94.5 cm³/mol. The SMILES string of the molecule is [C-]#[N+]c1ccc2c(cc(C)n2CCOc2ccc(C#N)c(F)c2)c1C(F)(F)F. The van der Waals surface area contributed by atoms with Gasteiger partial charge in [0.2, 0.25) is 0 Å². The molecule has 0 saturated carbocycles. The van der Waals surface area contributed by atoms with Gasteiger partial charge in [0.25, 0.3) is 0 Å². The Bertz CT molecular complexity index is 1130. The highest BCUT2D eigenvalue weighted by atomic mass is 19.4. The molecule has 4 nitrogen and oxygen atoms in total. The van der Waals surface area contributed by atoms with Crippen molar-refractivity contribution in [2.24, 2.45) is 0 Å². The van der Waals surface area contributed by atoms with Crippen LogP contribution in [0.2, 0.25) is 0 Å². The molecule has 0 radical (unpaired) electrons. The molecule has 0 aliphatic heterocycles. The molecule has 0 aliphatic carbocycles. The Balaban J connectivity index is 1.88. The Morgan fingerprint density at radius 1 is 1.21 bits per heavy atom. The maximum Gasteiger partial charge on any atom is 0.408 e. The fourth-order valence-corrected chi connectivity index (χ4v) is 3.07. The third-order valence-corrected chi connectivity index (χ3v) is 4.32. The molecule has 1 aromatic heterocycles. The van der Waals surface area contributed by atoms with Crippen LogP contribution in [0.4, 0.5) is 23.2 Å². The summed E-state index contributed by atoms with van der Waals surface area (Å²) in [5.41, 5.74) is -0.572. The second kappa shape index (κ2) is 7.24. The number of rotatable bonds is 4. The first-order valence-corrected chi connectivity index (χ1v) is 8.16. The van der Waals surface area contributed by atoms with Crippen molar-refractivity contribution in [3.8, 4) is 11.8 Å². The van der Waals surface area contributed by atoms with Gasteiger partial charge in [0.05, 0.1) is 24.2 Å². The molecule has 0 bridgehead atoms. The minimum Gasteiger partial charge on any atom is -0.492 e. The molecule has 28 heavy (non-hydrogen) atoms. The lowest BCUT2D eigenvalue weighted by atomic mass is 10.1. The molecule has 0 spiro atoms. The zero-order valence-corrected chi connectivity index (χ0v) is 14.6. The molecule has 0 saturated heterocycles. The monoisotopic (exact) mass is 387 g/mol. The van der Waals surface area contributed by atoms with E-state index < -0.39 is 23.2 Å². The summed E-state index contributed by atoms with van der Waals surface area (Å²) in [6.45, 7) is 8.98. The van der Waals surface area contributed by atoms with Crippen LogP contribution in [-0.4, -0.2) is 11.2 Å². The number of nitrogens with zero attached hydrogens (tertiary/aromatic N) is 3. The summed E-state index contributed by atoms with van der Waals surface area (Å²) < 4.78 is 61.1. The average Bonchev–Trinajstić information content (AvgIpc) is 2.95. The van der Waals surface area contributed by atoms with E-state index in [4.69, 9.17) is 16.6 Å². The topological polar surface area (TPSA) is 42.3 Å². The zero-order chi connectivity index (χ0) is 20.5. The van der Waals surface area contributed by atoms with E-state index in [9.17, 15) is 17.6 Å². The number of alkyl halides is 3. The molecule has 0 fully saturated rings. The normalized spacial score (nSPS) is 11.2. The second-order valence-electron chi connectivity index (χ2n) is 6.04. The summed E-state index contributed by atoms with van der Waals surface area (Å²) >= 11 is 0. The Morgan fingerprint density at radius 2 is 1.96 bits per heavy atom. The van der Waals surface area contributed by atoms with Crippen molar-refractivity contribution in [3.63, 3.8) is 0 Å². The fraction of sp³-hybridized carbons (Fsp3) is 0.200. The summed E-state index contributed by atoms with van der Waals surface area (Å²) in [5, 5.41) is 8.69. The number of ether oxygens (including phenoxy) is 1. The zero-order valence-electron chi connectivity index (χ0n) is 14.6. The maximum atomic E-state index is 13.6. The lowest BCUT2D eigenvalue weighted by Gasteiger charge is -2.13. The van der Waals surface area contributed by atoms with Gasteiger partial charge in [-0.15, -0.1) is 0 Å². The van der Waals surface area contributed by atoms with Crippen molar-refractivity contribution in [2.45, 2.75) is 19.6 Å². The van der Waals surface area contributed by atoms with Gasteiger partial charge in [-0.2, -0.15) is 18.4 Å². The molecule has 3 rings (SSSR count). The smallest absolute Gasteiger partial charge is 0.408 e. The largest absolute Gasteiger partial charge is 0.492 e. The number of fused-ring (bicyclic) bond motifs is 1. The van der Waals surface area contributed by atoms with Crippen LogP contribution in [0.3, 0.4) is 0 Å². The molecule has 3 aromatic rings. The molecule has 0 amide bonds. The van der Waals surface area contributed by atoms with E-state index in [1.165, 1.54) is 24.3 Å². The number of hydrogen-bond acceptors (Lipinski definition) is 2. The van der Waals surface area contributed by atoms with Gasteiger partial charge >= 0.3 is 6.18 Å². The highest BCUT2D eigenvalue weighted by molar-refractivity contribution is 5.90. The molecule has 8 heteroatoms. The lowest BCUT2D eigenvalue weighted by molar-refractivity contribution is -0.135. The quantitative estimate of drug-likeness (QED) is 0.431. The van der Waals surface area contributed by atoms with Crippen LogP contribution in [0.5, 0.6) is 5.75 Å². The Morgan fingerprint density at radius 3 is 2.57 bits per heavy atom. The molecule has 142 valence electrons. The molecule has 0 atom stereocenters. The van der Waals surface area contributed by atoms with Gasteiger partial charge in [0, 0.05) is 22.7 Å². The van der Waals surface area contributed by atoms with E-state index >= 15 is 0 Å². The Kier molecular flexibility index (Phi) is 4.98. The highest BCUT2D eigenvalue weighted by Gasteiger charge is 2.36. The number of aryl methyl sites for hydroxylation is 1. The van der Waals surface area contributed by atoms with Gasteiger partial charge in [-0.3, -0.25) is 0 Å². The summed E-state index contributed by atoms with van der Waals surface area (Å²) in [7, 11) is 0. The van der Waals surface area contributed by atoms with Gasteiger partial charge in [0.15, 0.2) is 5.69 Å². The average molecular weight is 387 g/mol. The first-order valence-electron chi connectivity index (χ1n) is 8.16. The van der Waals surface area contributed by atoms with Gasteiger partial charge in [0.1, 0.15) is 24.2 Å². The lowest BCUT2D eigenvalue weighted by Crippen LogP contribution is -2.10. The van der Waals surface area contributed by atoms with Crippen LogP contribution in [-0.2, 0) is 12.7 Å². The van der Waals surface area contributed by atoms with Gasteiger partial charge in [-0.25, -0.2) is 9.24 Å². The standard InChI is InChI=1S/C20H13F4N3O/c1-12-9-15-18(6-5-17(26-2)19(15)20(22,23)24)27(12)7-8-28-14-4-3-13(11-25)16(21)10-14/h3-6,9-10H,7-8H2,1H3. The van der Waals surface area contributed by atoms with E-state index in [-0.39, 0.29) is 29.9 Å². The summed E-state index contributed by atoms with van der Waals surface area (Å²) in [5.74, 6) is -0.485. The van der Waals surface area contributed by atoms with Crippen LogP contribution in [0.25, 0.3) is 15.7 Å². The highest BCUT2D eigenvalue weighted by Crippen LogP contribution is 2.42. The molecular formula is C20H13F4N3O. The minimum absolute atomic E-state index is 0.0390. The first-order chi connectivity index (χ1) is 13.3.